The summed E-state index contributed by atoms with van der Waals surface area (Å²) in [6.07, 6.45) is 0. The van der Waals surface area contributed by atoms with Crippen molar-refractivity contribution in [1.82, 2.24) is 20.6 Å². The fourth-order valence-electron chi connectivity index (χ4n) is 2.49. The maximum absolute atomic E-state index is 15.0. The Bertz CT molecular complexity index is 824. The smallest absolute Gasteiger partial charge is 0.184 e. The lowest BCUT2D eigenvalue weighted by molar-refractivity contribution is 0.528. The van der Waals surface area contributed by atoms with E-state index < -0.39 is 22.9 Å². The number of rotatable bonds is 3. The Morgan fingerprint density at radius 2 is 1.70 bits per heavy atom. The van der Waals surface area contributed by atoms with Gasteiger partial charge in [0.1, 0.15) is 17.5 Å². The van der Waals surface area contributed by atoms with Crippen molar-refractivity contribution >= 4 is 0 Å². The van der Waals surface area contributed by atoms with Crippen LogP contribution in [-0.4, -0.2) is 20.6 Å². The first-order chi connectivity index (χ1) is 10.9. The van der Waals surface area contributed by atoms with Crippen LogP contribution in [0.1, 0.15) is 25.2 Å². The molecule has 0 amide bonds. The molecule has 1 aromatic heterocycles. The van der Waals surface area contributed by atoms with Crippen molar-refractivity contribution in [3.63, 3.8) is 0 Å². The van der Waals surface area contributed by atoms with Gasteiger partial charge in [0.2, 0.25) is 0 Å². The highest BCUT2D eigenvalue weighted by Crippen LogP contribution is 2.35. The van der Waals surface area contributed by atoms with E-state index in [9.17, 15) is 13.2 Å². The van der Waals surface area contributed by atoms with Crippen molar-refractivity contribution in [2.45, 2.75) is 19.3 Å². The Morgan fingerprint density at radius 1 is 1.00 bits per heavy atom. The summed E-state index contributed by atoms with van der Waals surface area (Å²) in [4.78, 5) is 0. The topological polar surface area (TPSA) is 54.5 Å². The number of halogens is 3. The normalized spacial score (nSPS) is 11.7. The highest BCUT2D eigenvalue weighted by molar-refractivity contribution is 5.66. The molecule has 0 fully saturated rings. The molecule has 0 aliphatic heterocycles. The van der Waals surface area contributed by atoms with Crippen LogP contribution in [0.15, 0.2) is 36.4 Å². The number of nitrogens with zero attached hydrogens (tertiary/aromatic N) is 3. The molecule has 0 saturated carbocycles. The minimum atomic E-state index is -0.862. The van der Waals surface area contributed by atoms with Crippen LogP contribution in [0.3, 0.4) is 0 Å². The van der Waals surface area contributed by atoms with Gasteiger partial charge in [-0.2, -0.15) is 5.21 Å². The standard InChI is InChI=1S/C16H13F3N4/c1-16(2,15-20-22-23-21-15)13-5-3-4-12(14(13)19)9-6-10(17)8-11(18)7-9/h3-8H,1-2H3,(H,20,21,22,23). The quantitative estimate of drug-likeness (QED) is 0.802. The third-order valence-corrected chi connectivity index (χ3v) is 3.75. The molecule has 3 rings (SSSR count). The molecule has 0 spiro atoms. The first-order valence-corrected chi connectivity index (χ1v) is 6.89. The summed E-state index contributed by atoms with van der Waals surface area (Å²) >= 11 is 0. The number of aromatic amines is 1. The fourth-order valence-corrected chi connectivity index (χ4v) is 2.49. The maximum Gasteiger partial charge on any atom is 0.184 e. The number of nitrogens with one attached hydrogen (secondary N) is 1. The van der Waals surface area contributed by atoms with Gasteiger partial charge >= 0.3 is 0 Å². The summed E-state index contributed by atoms with van der Waals surface area (Å²) in [6.45, 7) is 3.48. The van der Waals surface area contributed by atoms with E-state index in [4.69, 9.17) is 0 Å². The minimum Gasteiger partial charge on any atom is -0.207 e. The second-order valence-corrected chi connectivity index (χ2v) is 5.69. The van der Waals surface area contributed by atoms with Crippen LogP contribution >= 0.6 is 0 Å². The van der Waals surface area contributed by atoms with Crippen molar-refractivity contribution in [2.75, 3.05) is 0 Å². The third kappa shape index (κ3) is 2.69. The lowest BCUT2D eigenvalue weighted by Crippen LogP contribution is -2.23. The van der Waals surface area contributed by atoms with Gasteiger partial charge in [-0.25, -0.2) is 13.2 Å². The molecule has 4 nitrogen and oxygen atoms in total. The predicted octanol–water partition coefficient (Wildman–Crippen LogP) is 3.61. The number of benzene rings is 2. The Morgan fingerprint density at radius 3 is 2.30 bits per heavy atom. The molecule has 7 heteroatoms. The zero-order chi connectivity index (χ0) is 16.6. The van der Waals surface area contributed by atoms with Gasteiger partial charge in [0.05, 0.1) is 5.41 Å². The van der Waals surface area contributed by atoms with E-state index in [1.807, 2.05) is 0 Å². The van der Waals surface area contributed by atoms with E-state index in [1.54, 1.807) is 26.0 Å². The average molecular weight is 318 g/mol. The van der Waals surface area contributed by atoms with Crippen molar-refractivity contribution < 1.29 is 13.2 Å². The number of H-pyrrole nitrogens is 1. The number of aromatic nitrogens is 4. The van der Waals surface area contributed by atoms with Crippen LogP contribution in [0.2, 0.25) is 0 Å². The Labute approximate surface area is 130 Å². The van der Waals surface area contributed by atoms with Crippen LogP contribution in [-0.2, 0) is 5.41 Å². The Kier molecular flexibility index (Phi) is 3.63. The lowest BCUT2D eigenvalue weighted by Gasteiger charge is -2.22. The van der Waals surface area contributed by atoms with Gasteiger partial charge in [-0.05, 0) is 31.5 Å². The number of hydrogen-bond acceptors (Lipinski definition) is 3. The van der Waals surface area contributed by atoms with E-state index in [0.29, 0.717) is 11.4 Å². The van der Waals surface area contributed by atoms with Crippen LogP contribution < -0.4 is 0 Å². The average Bonchev–Trinajstić information content (AvgIpc) is 3.01. The maximum atomic E-state index is 15.0. The molecule has 23 heavy (non-hydrogen) atoms. The Balaban J connectivity index is 2.16. The summed E-state index contributed by atoms with van der Waals surface area (Å²) in [7, 11) is 0. The minimum absolute atomic E-state index is 0.109. The number of hydrogen-bond donors (Lipinski definition) is 1. The van der Waals surface area contributed by atoms with Gasteiger partial charge in [-0.15, -0.1) is 10.2 Å². The summed E-state index contributed by atoms with van der Waals surface area (Å²) in [5, 5.41) is 13.6. The second kappa shape index (κ2) is 5.49. The van der Waals surface area contributed by atoms with Crippen LogP contribution in [0.4, 0.5) is 13.2 Å². The summed E-state index contributed by atoms with van der Waals surface area (Å²) in [5.74, 6) is -1.78. The summed E-state index contributed by atoms with van der Waals surface area (Å²) in [6, 6.07) is 7.61. The molecule has 1 N–H and O–H groups in total. The molecule has 118 valence electrons. The molecular formula is C16H13F3N4. The van der Waals surface area contributed by atoms with Crippen LogP contribution in [0.5, 0.6) is 0 Å². The molecule has 2 aromatic carbocycles. The summed E-state index contributed by atoms with van der Waals surface area (Å²) in [5.41, 5.74) is -0.316. The second-order valence-electron chi connectivity index (χ2n) is 5.69. The van der Waals surface area contributed by atoms with Gasteiger partial charge in [0.15, 0.2) is 5.82 Å². The van der Waals surface area contributed by atoms with E-state index in [-0.39, 0.29) is 11.1 Å². The molecule has 3 aromatic rings. The molecule has 0 unspecified atom stereocenters. The predicted molar refractivity (Wildman–Crippen MR) is 78.1 cm³/mol. The van der Waals surface area contributed by atoms with Crippen LogP contribution in [0.25, 0.3) is 11.1 Å². The Hall–Kier alpha value is -2.70. The highest BCUT2D eigenvalue weighted by atomic mass is 19.1. The summed E-state index contributed by atoms with van der Waals surface area (Å²) < 4.78 is 41.8. The molecule has 0 aliphatic rings. The fraction of sp³-hybridized carbons (Fsp3) is 0.188. The van der Waals surface area contributed by atoms with E-state index >= 15 is 0 Å². The molecule has 1 heterocycles. The molecule has 0 aliphatic carbocycles. The van der Waals surface area contributed by atoms with Gasteiger partial charge in [-0.3, -0.25) is 0 Å². The van der Waals surface area contributed by atoms with Crippen molar-refractivity contribution in [2.24, 2.45) is 0 Å². The third-order valence-electron chi connectivity index (χ3n) is 3.75. The molecule has 0 radical (unpaired) electrons. The molecule has 0 bridgehead atoms. The lowest BCUT2D eigenvalue weighted by atomic mass is 9.82. The van der Waals surface area contributed by atoms with Crippen molar-refractivity contribution in [3.05, 3.63) is 65.2 Å². The van der Waals surface area contributed by atoms with Gasteiger partial charge < -0.3 is 0 Å². The van der Waals surface area contributed by atoms with Crippen LogP contribution in [0, 0.1) is 17.5 Å². The van der Waals surface area contributed by atoms with Gasteiger partial charge in [-0.1, -0.05) is 23.4 Å². The molecule has 0 atom stereocenters. The first kappa shape index (κ1) is 15.2. The van der Waals surface area contributed by atoms with Gasteiger partial charge in [0, 0.05) is 17.2 Å². The van der Waals surface area contributed by atoms with Gasteiger partial charge in [0.25, 0.3) is 0 Å². The highest BCUT2D eigenvalue weighted by Gasteiger charge is 2.31. The zero-order valence-electron chi connectivity index (χ0n) is 12.4. The largest absolute Gasteiger partial charge is 0.207 e. The first-order valence-electron chi connectivity index (χ1n) is 6.89. The molecule has 0 saturated heterocycles. The van der Waals surface area contributed by atoms with Crippen molar-refractivity contribution in [3.8, 4) is 11.1 Å². The van der Waals surface area contributed by atoms with E-state index in [2.05, 4.69) is 20.6 Å². The zero-order valence-corrected chi connectivity index (χ0v) is 12.4. The SMILES string of the molecule is CC(C)(c1nn[nH]n1)c1cccc(-c2cc(F)cc(F)c2)c1F. The molecular weight excluding hydrogens is 305 g/mol. The van der Waals surface area contributed by atoms with E-state index in [0.717, 1.165) is 18.2 Å². The monoisotopic (exact) mass is 318 g/mol. The number of tetrazole rings is 1. The van der Waals surface area contributed by atoms with E-state index in [1.165, 1.54) is 6.07 Å². The van der Waals surface area contributed by atoms with Crippen molar-refractivity contribution in [1.29, 1.82) is 0 Å².